The maximum atomic E-state index is 13.3. The Kier molecular flexibility index (Phi) is 5.92. The molecule has 1 aliphatic heterocycles. The van der Waals surface area contributed by atoms with Crippen LogP contribution in [0.4, 0.5) is 0 Å². The summed E-state index contributed by atoms with van der Waals surface area (Å²) in [6, 6.07) is 10.0. The molecule has 0 spiro atoms. The molecule has 138 valence electrons. The van der Waals surface area contributed by atoms with E-state index in [4.69, 9.17) is 0 Å². The lowest BCUT2D eigenvalue weighted by molar-refractivity contribution is -0.146. The van der Waals surface area contributed by atoms with Gasteiger partial charge in [0.25, 0.3) is 0 Å². The van der Waals surface area contributed by atoms with Crippen molar-refractivity contribution in [3.8, 4) is 0 Å². The normalized spacial score (nSPS) is 23.0. The number of likely N-dealkylation sites (N-methyl/N-ethyl adjacent to an activating group) is 1. The predicted octanol–water partition coefficient (Wildman–Crippen LogP) is 2.66. The highest BCUT2D eigenvalue weighted by Gasteiger charge is 2.46. The number of hydrogen-bond acceptors (Lipinski definition) is 4. The van der Waals surface area contributed by atoms with Gasteiger partial charge in [-0.3, -0.25) is 9.69 Å². The van der Waals surface area contributed by atoms with E-state index in [0.29, 0.717) is 12.6 Å². The molecule has 2 aliphatic rings. The Bertz CT molecular complexity index is 563. The summed E-state index contributed by atoms with van der Waals surface area (Å²) >= 11 is 0. The third-order valence-electron chi connectivity index (χ3n) is 6.29. The van der Waals surface area contributed by atoms with Gasteiger partial charge < -0.3 is 10.0 Å². The second-order valence-corrected chi connectivity index (χ2v) is 7.99. The maximum Gasteiger partial charge on any atom is 0.183 e. The first-order valence-electron chi connectivity index (χ1n) is 9.71. The van der Waals surface area contributed by atoms with Gasteiger partial charge in [0.2, 0.25) is 0 Å². The SMILES string of the molecule is CN1CCC(N(C)CC(=O)C(O)(c2ccccc2)C2CCCC2)CC1. The molecule has 3 rings (SSSR count). The van der Waals surface area contributed by atoms with Crippen LogP contribution in [0.25, 0.3) is 0 Å². The van der Waals surface area contributed by atoms with Crippen molar-refractivity contribution in [2.45, 2.75) is 50.2 Å². The van der Waals surface area contributed by atoms with E-state index in [-0.39, 0.29) is 11.7 Å². The van der Waals surface area contributed by atoms with E-state index in [2.05, 4.69) is 16.8 Å². The maximum absolute atomic E-state index is 13.3. The van der Waals surface area contributed by atoms with Crippen LogP contribution in [-0.4, -0.2) is 60.5 Å². The highest BCUT2D eigenvalue weighted by molar-refractivity contribution is 5.90. The molecule has 1 aromatic rings. The van der Waals surface area contributed by atoms with Crippen molar-refractivity contribution in [1.29, 1.82) is 0 Å². The van der Waals surface area contributed by atoms with Gasteiger partial charge in [-0.05, 0) is 64.3 Å². The molecule has 0 amide bonds. The molecule has 1 N–H and O–H groups in total. The highest BCUT2D eigenvalue weighted by atomic mass is 16.3. The lowest BCUT2D eigenvalue weighted by Gasteiger charge is -2.38. The number of nitrogens with zero attached hydrogens (tertiary/aromatic N) is 2. The zero-order valence-corrected chi connectivity index (χ0v) is 15.7. The summed E-state index contributed by atoms with van der Waals surface area (Å²) in [5.41, 5.74) is -0.569. The van der Waals surface area contributed by atoms with Crippen LogP contribution in [0.5, 0.6) is 0 Å². The number of carbonyl (C=O) groups is 1. The van der Waals surface area contributed by atoms with Crippen LogP contribution in [0.15, 0.2) is 30.3 Å². The first-order chi connectivity index (χ1) is 12.0. The van der Waals surface area contributed by atoms with Gasteiger partial charge in [-0.1, -0.05) is 43.2 Å². The van der Waals surface area contributed by atoms with Gasteiger partial charge in [0, 0.05) is 6.04 Å². The zero-order chi connectivity index (χ0) is 17.9. The van der Waals surface area contributed by atoms with Crippen molar-refractivity contribution in [3.63, 3.8) is 0 Å². The molecule has 0 aromatic heterocycles. The minimum Gasteiger partial charge on any atom is -0.377 e. The molecule has 2 fully saturated rings. The van der Waals surface area contributed by atoms with Gasteiger partial charge >= 0.3 is 0 Å². The predicted molar refractivity (Wildman–Crippen MR) is 100 cm³/mol. The molecular weight excluding hydrogens is 312 g/mol. The molecule has 1 heterocycles. The van der Waals surface area contributed by atoms with E-state index >= 15 is 0 Å². The Morgan fingerprint density at radius 3 is 2.36 bits per heavy atom. The first-order valence-corrected chi connectivity index (χ1v) is 9.71. The van der Waals surface area contributed by atoms with E-state index in [0.717, 1.165) is 57.2 Å². The smallest absolute Gasteiger partial charge is 0.183 e. The summed E-state index contributed by atoms with van der Waals surface area (Å²) in [6.07, 6.45) is 6.28. The number of Topliss-reactive ketones (excluding diaryl/α,β-unsaturated/α-hetero) is 1. The van der Waals surface area contributed by atoms with Crippen molar-refractivity contribution in [1.82, 2.24) is 9.80 Å². The summed E-state index contributed by atoms with van der Waals surface area (Å²) in [4.78, 5) is 17.8. The van der Waals surface area contributed by atoms with E-state index < -0.39 is 5.60 Å². The summed E-state index contributed by atoms with van der Waals surface area (Å²) < 4.78 is 0. The van der Waals surface area contributed by atoms with Crippen LogP contribution >= 0.6 is 0 Å². The van der Waals surface area contributed by atoms with Crippen molar-refractivity contribution in [3.05, 3.63) is 35.9 Å². The molecule has 1 saturated carbocycles. The lowest BCUT2D eigenvalue weighted by atomic mass is 9.76. The highest BCUT2D eigenvalue weighted by Crippen LogP contribution is 2.41. The second kappa shape index (κ2) is 7.98. The van der Waals surface area contributed by atoms with Gasteiger partial charge in [0.15, 0.2) is 11.4 Å². The monoisotopic (exact) mass is 344 g/mol. The average molecular weight is 344 g/mol. The van der Waals surface area contributed by atoms with Gasteiger partial charge in [0.1, 0.15) is 0 Å². The summed E-state index contributed by atoms with van der Waals surface area (Å²) in [6.45, 7) is 2.49. The Morgan fingerprint density at radius 1 is 1.16 bits per heavy atom. The summed E-state index contributed by atoms with van der Waals surface area (Å²) in [7, 11) is 4.18. The molecule has 0 radical (unpaired) electrons. The molecule has 1 saturated heterocycles. The van der Waals surface area contributed by atoms with Crippen molar-refractivity contribution in [2.75, 3.05) is 33.7 Å². The van der Waals surface area contributed by atoms with Crippen LogP contribution in [0.2, 0.25) is 0 Å². The number of carbonyl (C=O) groups excluding carboxylic acids is 1. The molecule has 1 atom stereocenters. The fourth-order valence-electron chi connectivity index (χ4n) is 4.57. The number of likely N-dealkylation sites (tertiary alicyclic amines) is 1. The third kappa shape index (κ3) is 3.97. The molecule has 1 aromatic carbocycles. The zero-order valence-electron chi connectivity index (χ0n) is 15.7. The summed E-state index contributed by atoms with van der Waals surface area (Å²) in [5, 5.41) is 11.6. The van der Waals surface area contributed by atoms with Crippen LogP contribution in [0, 0.1) is 5.92 Å². The van der Waals surface area contributed by atoms with Crippen LogP contribution in [0.3, 0.4) is 0 Å². The van der Waals surface area contributed by atoms with Crippen LogP contribution in [-0.2, 0) is 10.4 Å². The Hall–Kier alpha value is -1.23. The fraction of sp³-hybridized carbons (Fsp3) is 0.667. The fourth-order valence-corrected chi connectivity index (χ4v) is 4.57. The van der Waals surface area contributed by atoms with Crippen molar-refractivity contribution < 1.29 is 9.90 Å². The second-order valence-electron chi connectivity index (χ2n) is 7.99. The topological polar surface area (TPSA) is 43.8 Å². The van der Waals surface area contributed by atoms with E-state index in [1.807, 2.05) is 37.4 Å². The van der Waals surface area contributed by atoms with Crippen molar-refractivity contribution >= 4 is 5.78 Å². The standard InChI is InChI=1S/C21H32N2O2/c1-22-14-12-19(13-15-22)23(2)16-20(24)21(25,18-10-6-7-11-18)17-8-4-3-5-9-17/h3-5,8-9,18-19,25H,6-7,10-16H2,1-2H3. The molecule has 0 bridgehead atoms. The number of hydrogen-bond donors (Lipinski definition) is 1. The van der Waals surface area contributed by atoms with Crippen molar-refractivity contribution in [2.24, 2.45) is 5.92 Å². The molecule has 1 unspecified atom stereocenters. The first kappa shape index (κ1) is 18.6. The largest absolute Gasteiger partial charge is 0.377 e. The molecule has 4 nitrogen and oxygen atoms in total. The Balaban J connectivity index is 1.75. The number of ketones is 1. The minimum absolute atomic E-state index is 0.0352. The minimum atomic E-state index is -1.34. The number of benzene rings is 1. The van der Waals surface area contributed by atoms with Gasteiger partial charge in [-0.15, -0.1) is 0 Å². The van der Waals surface area contributed by atoms with E-state index in [9.17, 15) is 9.90 Å². The van der Waals surface area contributed by atoms with E-state index in [1.165, 1.54) is 0 Å². The van der Waals surface area contributed by atoms with Crippen LogP contribution < -0.4 is 0 Å². The Labute approximate surface area is 151 Å². The lowest BCUT2D eigenvalue weighted by Crippen LogP contribution is -2.50. The van der Waals surface area contributed by atoms with Gasteiger partial charge in [-0.25, -0.2) is 0 Å². The summed E-state index contributed by atoms with van der Waals surface area (Å²) in [5.74, 6) is 0.0142. The number of aliphatic hydroxyl groups is 1. The van der Waals surface area contributed by atoms with Gasteiger partial charge in [-0.2, -0.15) is 0 Å². The quantitative estimate of drug-likeness (QED) is 0.862. The number of rotatable bonds is 6. The molecule has 1 aliphatic carbocycles. The van der Waals surface area contributed by atoms with Crippen LogP contribution in [0.1, 0.15) is 44.1 Å². The van der Waals surface area contributed by atoms with Gasteiger partial charge in [0.05, 0.1) is 6.54 Å². The number of piperidine rings is 1. The molecule has 25 heavy (non-hydrogen) atoms. The van der Waals surface area contributed by atoms with E-state index in [1.54, 1.807) is 0 Å². The third-order valence-corrected chi connectivity index (χ3v) is 6.29. The average Bonchev–Trinajstić information content (AvgIpc) is 3.17. The Morgan fingerprint density at radius 2 is 1.76 bits per heavy atom. The molecule has 4 heteroatoms. The molecular formula is C21H32N2O2.